The van der Waals surface area contributed by atoms with Crippen molar-refractivity contribution in [3.63, 3.8) is 0 Å². The lowest BCUT2D eigenvalue weighted by molar-refractivity contribution is -0.385. The van der Waals surface area contributed by atoms with Crippen LogP contribution in [0, 0.1) is 10.1 Å². The van der Waals surface area contributed by atoms with E-state index in [1.54, 1.807) is 36.5 Å². The molecule has 5 rings (SSSR count). The summed E-state index contributed by atoms with van der Waals surface area (Å²) in [7, 11) is 0. The summed E-state index contributed by atoms with van der Waals surface area (Å²) in [5, 5.41) is 15.8. The third-order valence-corrected chi connectivity index (χ3v) is 6.65. The van der Waals surface area contributed by atoms with Gasteiger partial charge in [-0.3, -0.25) is 14.9 Å². The average molecular weight is 548 g/mol. The maximum absolute atomic E-state index is 13.4. The van der Waals surface area contributed by atoms with Crippen LogP contribution in [0.1, 0.15) is 49.4 Å². The number of halogens is 1. The second-order valence-corrected chi connectivity index (χ2v) is 9.53. The number of pyridine rings is 1. The smallest absolute Gasteiger partial charge is 0.287 e. The van der Waals surface area contributed by atoms with Crippen LogP contribution in [0.4, 0.5) is 5.69 Å². The highest BCUT2D eigenvalue weighted by Crippen LogP contribution is 2.32. The zero-order chi connectivity index (χ0) is 25.1. The van der Waals surface area contributed by atoms with Gasteiger partial charge >= 0.3 is 0 Å². The van der Waals surface area contributed by atoms with E-state index in [4.69, 9.17) is 9.72 Å². The normalized spacial score (nSPS) is 14.4. The second-order valence-electron chi connectivity index (χ2n) is 8.61. The number of rotatable bonds is 6. The lowest BCUT2D eigenvalue weighted by Crippen LogP contribution is -2.25. The van der Waals surface area contributed by atoms with Crippen molar-refractivity contribution in [2.45, 2.75) is 38.0 Å². The molecule has 2 aromatic heterocycles. The van der Waals surface area contributed by atoms with Crippen LogP contribution < -0.4 is 10.3 Å². The number of nitrogens with zero attached hydrogens (tertiary/aromatic N) is 5. The van der Waals surface area contributed by atoms with Crippen LogP contribution in [0.25, 0.3) is 10.9 Å². The minimum Gasteiger partial charge on any atom is -0.439 e. The minimum absolute atomic E-state index is 0.104. The molecule has 4 aromatic rings. The van der Waals surface area contributed by atoms with Crippen LogP contribution in [0.5, 0.6) is 11.6 Å². The number of nitro groups is 1. The Hall–Kier alpha value is -3.92. The van der Waals surface area contributed by atoms with Gasteiger partial charge < -0.3 is 4.74 Å². The minimum atomic E-state index is -0.514. The third-order valence-electron chi connectivity index (χ3n) is 6.16. The van der Waals surface area contributed by atoms with Crippen molar-refractivity contribution in [3.8, 4) is 11.6 Å². The number of aromatic nitrogens is 3. The number of hydrogen-bond acceptors (Lipinski definition) is 7. The van der Waals surface area contributed by atoms with Gasteiger partial charge in [-0.1, -0.05) is 35.2 Å². The van der Waals surface area contributed by atoms with Crippen molar-refractivity contribution in [1.29, 1.82) is 0 Å². The first kappa shape index (κ1) is 23.8. The Morgan fingerprint density at radius 1 is 1.08 bits per heavy atom. The molecule has 1 saturated carbocycles. The van der Waals surface area contributed by atoms with Gasteiger partial charge in [-0.15, -0.1) is 0 Å². The summed E-state index contributed by atoms with van der Waals surface area (Å²) in [6, 6.07) is 15.4. The Morgan fingerprint density at radius 3 is 2.56 bits per heavy atom. The van der Waals surface area contributed by atoms with Gasteiger partial charge in [0.25, 0.3) is 11.2 Å². The van der Waals surface area contributed by atoms with E-state index < -0.39 is 4.92 Å². The first-order valence-corrected chi connectivity index (χ1v) is 12.4. The van der Waals surface area contributed by atoms with Gasteiger partial charge in [0.1, 0.15) is 17.8 Å². The van der Waals surface area contributed by atoms with Gasteiger partial charge in [-0.05, 0) is 60.9 Å². The van der Waals surface area contributed by atoms with E-state index >= 15 is 0 Å². The van der Waals surface area contributed by atoms with E-state index in [9.17, 15) is 14.9 Å². The Balaban J connectivity index is 1.42. The Kier molecular flexibility index (Phi) is 6.86. The van der Waals surface area contributed by atoms with E-state index in [-0.39, 0.29) is 23.0 Å². The first-order valence-electron chi connectivity index (χ1n) is 11.6. The fourth-order valence-electron chi connectivity index (χ4n) is 4.31. The molecule has 1 aliphatic carbocycles. The maximum atomic E-state index is 13.4. The summed E-state index contributed by atoms with van der Waals surface area (Å²) < 4.78 is 7.91. The number of fused-ring (bicyclic) bond motifs is 1. The van der Waals surface area contributed by atoms with Crippen molar-refractivity contribution in [2.75, 3.05) is 0 Å². The molecule has 2 aromatic carbocycles. The van der Waals surface area contributed by atoms with E-state index in [0.717, 1.165) is 41.9 Å². The molecule has 10 heteroatoms. The average Bonchev–Trinajstić information content (AvgIpc) is 2.90. The van der Waals surface area contributed by atoms with Gasteiger partial charge in [0, 0.05) is 22.5 Å². The Bertz CT molecular complexity index is 1490. The molecule has 9 nitrogen and oxygen atoms in total. The summed E-state index contributed by atoms with van der Waals surface area (Å²) in [6.07, 6.45) is 8.20. The van der Waals surface area contributed by atoms with E-state index in [2.05, 4.69) is 26.0 Å². The molecule has 0 spiro atoms. The van der Waals surface area contributed by atoms with Crippen molar-refractivity contribution < 1.29 is 9.66 Å². The molecule has 1 fully saturated rings. The van der Waals surface area contributed by atoms with Crippen molar-refractivity contribution in [1.82, 2.24) is 14.6 Å². The lowest BCUT2D eigenvalue weighted by Gasteiger charge is -2.22. The maximum Gasteiger partial charge on any atom is 0.287 e. The molecule has 0 bridgehead atoms. The molecular weight excluding hydrogens is 526 g/mol. The van der Waals surface area contributed by atoms with Crippen LogP contribution >= 0.6 is 15.9 Å². The highest BCUT2D eigenvalue weighted by atomic mass is 79.9. The molecule has 0 amide bonds. The van der Waals surface area contributed by atoms with Crippen LogP contribution in [0.2, 0.25) is 0 Å². The molecule has 0 N–H and O–H groups in total. The van der Waals surface area contributed by atoms with Crippen LogP contribution in [0.15, 0.2) is 75.2 Å². The highest BCUT2D eigenvalue weighted by molar-refractivity contribution is 9.10. The molecule has 0 saturated heterocycles. The molecule has 182 valence electrons. The van der Waals surface area contributed by atoms with Crippen LogP contribution in [0.3, 0.4) is 0 Å². The van der Waals surface area contributed by atoms with Crippen LogP contribution in [-0.4, -0.2) is 25.8 Å². The summed E-state index contributed by atoms with van der Waals surface area (Å²) >= 11 is 3.44. The second kappa shape index (κ2) is 10.4. The zero-order valence-corrected chi connectivity index (χ0v) is 20.8. The van der Waals surface area contributed by atoms with Crippen molar-refractivity contribution in [2.24, 2.45) is 5.10 Å². The van der Waals surface area contributed by atoms with Crippen molar-refractivity contribution in [3.05, 3.63) is 97.1 Å². The molecule has 36 heavy (non-hydrogen) atoms. The zero-order valence-electron chi connectivity index (χ0n) is 19.2. The SMILES string of the molecule is O=c1c2cc(Br)ccc2nc(C2CCCCC2)n1N=Cc1ccc(Oc2ccc([N+](=O)[O-])cn2)cc1. The predicted molar refractivity (Wildman–Crippen MR) is 140 cm³/mol. The van der Waals surface area contributed by atoms with Gasteiger partial charge in [-0.25, -0.2) is 9.97 Å². The summed E-state index contributed by atoms with van der Waals surface area (Å²) in [6.45, 7) is 0. The van der Waals surface area contributed by atoms with Gasteiger partial charge in [-0.2, -0.15) is 9.78 Å². The number of ether oxygens (including phenoxy) is 1. The molecule has 1 aliphatic rings. The quantitative estimate of drug-likeness (QED) is 0.162. The number of benzene rings is 2. The van der Waals surface area contributed by atoms with E-state index in [1.165, 1.54) is 23.2 Å². The van der Waals surface area contributed by atoms with Crippen LogP contribution in [-0.2, 0) is 0 Å². The first-order chi connectivity index (χ1) is 17.5. The Morgan fingerprint density at radius 2 is 1.86 bits per heavy atom. The van der Waals surface area contributed by atoms with E-state index in [0.29, 0.717) is 22.5 Å². The third kappa shape index (κ3) is 5.18. The summed E-state index contributed by atoms with van der Waals surface area (Å²) in [5.74, 6) is 1.67. The molecule has 0 radical (unpaired) electrons. The predicted octanol–water partition coefficient (Wildman–Crippen LogP) is 6.18. The molecule has 0 unspecified atom stereocenters. The summed E-state index contributed by atoms with van der Waals surface area (Å²) in [4.78, 5) is 32.5. The molecule has 0 aliphatic heterocycles. The molecule has 0 atom stereocenters. The topological polar surface area (TPSA) is 113 Å². The fraction of sp³-hybridized carbons (Fsp3) is 0.231. The van der Waals surface area contributed by atoms with Crippen molar-refractivity contribution >= 4 is 38.7 Å². The highest BCUT2D eigenvalue weighted by Gasteiger charge is 2.22. The van der Waals surface area contributed by atoms with E-state index in [1.807, 2.05) is 12.1 Å². The standard InChI is InChI=1S/C26H22BrN5O4/c27-19-8-12-23-22(14-19)26(33)31(25(30-23)18-4-2-1-3-5-18)29-15-17-6-10-21(11-7-17)36-24-13-9-20(16-28-24)32(34)35/h6-16,18H,1-5H2. The van der Waals surface area contributed by atoms with Gasteiger partial charge in [0.2, 0.25) is 5.88 Å². The largest absolute Gasteiger partial charge is 0.439 e. The monoisotopic (exact) mass is 547 g/mol. The summed E-state index contributed by atoms with van der Waals surface area (Å²) in [5.41, 5.74) is 1.15. The fourth-order valence-corrected chi connectivity index (χ4v) is 4.67. The Labute approximate surface area is 214 Å². The molecular formula is C26H22BrN5O4. The lowest BCUT2D eigenvalue weighted by atomic mass is 9.88. The van der Waals surface area contributed by atoms with Gasteiger partial charge in [0.15, 0.2) is 0 Å². The van der Waals surface area contributed by atoms with Gasteiger partial charge in [0.05, 0.1) is 22.0 Å². The number of hydrogen-bond donors (Lipinski definition) is 0. The molecule has 2 heterocycles.